The summed E-state index contributed by atoms with van der Waals surface area (Å²) < 4.78 is 44.5. The molecule has 0 bridgehead atoms. The quantitative estimate of drug-likeness (QED) is 0.223. The second-order valence-electron chi connectivity index (χ2n) is 12.5. The maximum absolute atomic E-state index is 14.1. The Morgan fingerprint density at radius 2 is 1.69 bits per heavy atom. The number of rotatable bonds is 11. The maximum Gasteiger partial charge on any atom is 0.435 e. The SMILES string of the molecule is CC[C@@H](CCN(C)C)C(=O)N1CCN(C(=O)c2ccc(NC(=O)c3ncc(-c4cn(-c5ccc(NC)cn5)nc4C(F)(F)F)n3C)cc2Cl)CC1. The summed E-state index contributed by atoms with van der Waals surface area (Å²) >= 11 is 6.51. The van der Waals surface area contributed by atoms with Gasteiger partial charge in [0.25, 0.3) is 11.8 Å². The highest BCUT2D eigenvalue weighted by Crippen LogP contribution is 2.37. The molecule has 0 unspecified atom stereocenters. The van der Waals surface area contributed by atoms with Crippen molar-refractivity contribution in [3.63, 3.8) is 0 Å². The summed E-state index contributed by atoms with van der Waals surface area (Å²) in [6.45, 7) is 4.39. The summed E-state index contributed by atoms with van der Waals surface area (Å²) in [6.07, 6.45) is 0.537. The Hall–Kier alpha value is -4.96. The Kier molecular flexibility index (Phi) is 11.3. The van der Waals surface area contributed by atoms with E-state index in [1.807, 2.05) is 25.9 Å². The molecule has 1 atom stereocenters. The molecule has 0 aliphatic carbocycles. The standard InChI is InChI=1S/C34H40ClF3N10O3/c1-6-21(11-12-44(3)4)32(50)46-13-15-47(16-14-46)33(51)24-9-7-22(17-26(24)35)42-31(49)30-41-19-27(45(30)5)25-20-48(43-29(25)34(36,37)38)28-10-8-23(39-2)18-40-28/h7-10,17-21,39H,6,11-16H2,1-5H3,(H,42,49)/t21-/m0/s1. The third kappa shape index (κ3) is 8.34. The second-order valence-corrected chi connectivity index (χ2v) is 12.9. The lowest BCUT2D eigenvalue weighted by Gasteiger charge is -2.36. The number of amides is 3. The van der Waals surface area contributed by atoms with Crippen LogP contribution in [0.15, 0.2) is 48.9 Å². The average Bonchev–Trinajstić information content (AvgIpc) is 3.72. The molecule has 4 aromatic rings. The first-order valence-electron chi connectivity index (χ1n) is 16.4. The Morgan fingerprint density at radius 1 is 1.00 bits per heavy atom. The highest BCUT2D eigenvalue weighted by atomic mass is 35.5. The zero-order chi connectivity index (χ0) is 37.0. The summed E-state index contributed by atoms with van der Waals surface area (Å²) in [6, 6.07) is 7.60. The van der Waals surface area contributed by atoms with Crippen molar-refractivity contribution in [1.82, 2.24) is 39.0 Å². The molecule has 0 saturated carbocycles. The van der Waals surface area contributed by atoms with Crippen molar-refractivity contribution in [1.29, 1.82) is 0 Å². The first kappa shape index (κ1) is 37.3. The van der Waals surface area contributed by atoms with Gasteiger partial charge in [-0.25, -0.2) is 14.6 Å². The lowest BCUT2D eigenvalue weighted by Crippen LogP contribution is -2.52. The van der Waals surface area contributed by atoms with Gasteiger partial charge in [-0.1, -0.05) is 18.5 Å². The number of aromatic nitrogens is 5. The number of imidazole rings is 1. The fraction of sp³-hybridized carbons (Fsp3) is 0.412. The van der Waals surface area contributed by atoms with Crippen molar-refractivity contribution in [2.75, 3.05) is 64.5 Å². The summed E-state index contributed by atoms with van der Waals surface area (Å²) in [7, 11) is 7.06. The topological polar surface area (TPSA) is 134 Å². The highest BCUT2D eigenvalue weighted by molar-refractivity contribution is 6.34. The third-order valence-corrected chi connectivity index (χ3v) is 9.14. The molecule has 1 aromatic carbocycles. The van der Waals surface area contributed by atoms with Crippen LogP contribution in [0.1, 0.15) is 46.4 Å². The molecular formula is C34H40ClF3N10O3. The van der Waals surface area contributed by atoms with E-state index >= 15 is 0 Å². The third-order valence-electron chi connectivity index (χ3n) is 8.82. The van der Waals surface area contributed by atoms with Crippen molar-refractivity contribution in [3.8, 4) is 17.1 Å². The Bertz CT molecular complexity index is 1880. The molecule has 3 aromatic heterocycles. The molecule has 51 heavy (non-hydrogen) atoms. The number of anilines is 2. The minimum Gasteiger partial charge on any atom is -0.387 e. The van der Waals surface area contributed by atoms with Gasteiger partial charge >= 0.3 is 6.18 Å². The van der Waals surface area contributed by atoms with Crippen LogP contribution >= 0.6 is 11.6 Å². The summed E-state index contributed by atoms with van der Waals surface area (Å²) in [5.74, 6) is -0.969. The van der Waals surface area contributed by atoms with Gasteiger partial charge in [-0.05, 0) is 63.8 Å². The molecule has 0 spiro atoms. The number of halogens is 4. The first-order valence-corrected chi connectivity index (χ1v) is 16.8. The lowest BCUT2D eigenvalue weighted by atomic mass is 10.00. The number of carbonyl (C=O) groups is 3. The average molecular weight is 729 g/mol. The van der Waals surface area contributed by atoms with Crippen molar-refractivity contribution in [2.45, 2.75) is 25.9 Å². The van der Waals surface area contributed by atoms with Gasteiger partial charge in [-0.2, -0.15) is 18.3 Å². The minimum absolute atomic E-state index is 0.00474. The van der Waals surface area contributed by atoms with Crippen LogP contribution in [0.2, 0.25) is 5.02 Å². The molecule has 5 rings (SSSR count). The first-order chi connectivity index (χ1) is 24.2. The van der Waals surface area contributed by atoms with Gasteiger partial charge in [-0.3, -0.25) is 14.4 Å². The molecule has 1 fully saturated rings. The molecule has 1 aliphatic heterocycles. The predicted octanol–water partition coefficient (Wildman–Crippen LogP) is 4.90. The smallest absolute Gasteiger partial charge is 0.387 e. The minimum atomic E-state index is -4.80. The van der Waals surface area contributed by atoms with Crippen LogP contribution in [-0.4, -0.2) is 111 Å². The zero-order valence-electron chi connectivity index (χ0n) is 29.0. The number of pyridine rings is 1. The molecule has 1 saturated heterocycles. The van der Waals surface area contributed by atoms with Crippen LogP contribution in [-0.2, 0) is 18.0 Å². The molecule has 2 N–H and O–H groups in total. The van der Waals surface area contributed by atoms with E-state index in [2.05, 4.69) is 30.6 Å². The van der Waals surface area contributed by atoms with Crippen LogP contribution in [0, 0.1) is 5.92 Å². The molecular weight excluding hydrogens is 689 g/mol. The van der Waals surface area contributed by atoms with E-state index in [0.717, 1.165) is 30.3 Å². The highest BCUT2D eigenvalue weighted by Gasteiger charge is 2.39. The van der Waals surface area contributed by atoms with Crippen LogP contribution < -0.4 is 10.6 Å². The van der Waals surface area contributed by atoms with Gasteiger partial charge in [0.05, 0.1) is 39.9 Å². The van der Waals surface area contributed by atoms with Gasteiger partial charge in [0.1, 0.15) is 0 Å². The molecule has 3 amide bonds. The monoisotopic (exact) mass is 728 g/mol. The van der Waals surface area contributed by atoms with E-state index in [1.165, 1.54) is 48.3 Å². The van der Waals surface area contributed by atoms with Gasteiger partial charge in [-0.15, -0.1) is 0 Å². The van der Waals surface area contributed by atoms with E-state index in [4.69, 9.17) is 11.6 Å². The van der Waals surface area contributed by atoms with Crippen molar-refractivity contribution >= 4 is 40.7 Å². The van der Waals surface area contributed by atoms with E-state index in [0.29, 0.717) is 31.9 Å². The van der Waals surface area contributed by atoms with Gasteiger partial charge in [0.15, 0.2) is 17.3 Å². The Morgan fingerprint density at radius 3 is 2.27 bits per heavy atom. The Balaban J connectivity index is 1.26. The van der Waals surface area contributed by atoms with Crippen LogP contribution in [0.3, 0.4) is 0 Å². The van der Waals surface area contributed by atoms with Crippen molar-refractivity contribution in [2.24, 2.45) is 13.0 Å². The van der Waals surface area contributed by atoms with Gasteiger partial charge in [0, 0.05) is 58.1 Å². The fourth-order valence-corrected chi connectivity index (χ4v) is 6.12. The Labute approximate surface area is 298 Å². The zero-order valence-corrected chi connectivity index (χ0v) is 29.7. The van der Waals surface area contributed by atoms with Crippen LogP contribution in [0.25, 0.3) is 17.1 Å². The molecule has 0 radical (unpaired) electrons. The molecule has 13 nitrogen and oxygen atoms in total. The number of hydrogen-bond donors (Lipinski definition) is 2. The van der Waals surface area contributed by atoms with Crippen molar-refractivity contribution in [3.05, 3.63) is 71.0 Å². The number of nitrogens with zero attached hydrogens (tertiary/aromatic N) is 8. The largest absolute Gasteiger partial charge is 0.435 e. The van der Waals surface area contributed by atoms with Crippen LogP contribution in [0.5, 0.6) is 0 Å². The van der Waals surface area contributed by atoms with Gasteiger partial charge < -0.3 is 29.9 Å². The van der Waals surface area contributed by atoms with E-state index < -0.39 is 17.8 Å². The molecule has 272 valence electrons. The normalized spacial score (nSPS) is 14.2. The molecule has 1 aliphatic rings. The number of alkyl halides is 3. The fourth-order valence-electron chi connectivity index (χ4n) is 5.86. The molecule has 4 heterocycles. The summed E-state index contributed by atoms with van der Waals surface area (Å²) in [5, 5.41) is 9.39. The number of hydrogen-bond acceptors (Lipinski definition) is 8. The number of carbonyl (C=O) groups excluding carboxylic acids is 3. The van der Waals surface area contributed by atoms with E-state index in [1.54, 1.807) is 18.0 Å². The van der Waals surface area contributed by atoms with Gasteiger partial charge in [0.2, 0.25) is 5.91 Å². The van der Waals surface area contributed by atoms with E-state index in [9.17, 15) is 27.6 Å². The maximum atomic E-state index is 14.1. The second kappa shape index (κ2) is 15.5. The molecule has 17 heteroatoms. The number of piperazine rings is 1. The van der Waals surface area contributed by atoms with Crippen LogP contribution in [0.4, 0.5) is 24.5 Å². The summed E-state index contributed by atoms with van der Waals surface area (Å²) in [4.78, 5) is 53.5. The summed E-state index contributed by atoms with van der Waals surface area (Å²) in [5.41, 5.74) is -0.289. The number of nitrogens with one attached hydrogen (secondary N) is 2. The number of benzene rings is 1. The van der Waals surface area contributed by atoms with Crippen molar-refractivity contribution < 1.29 is 27.6 Å². The van der Waals surface area contributed by atoms with E-state index in [-0.39, 0.29) is 56.9 Å². The predicted molar refractivity (Wildman–Crippen MR) is 187 cm³/mol. The lowest BCUT2D eigenvalue weighted by molar-refractivity contribution is -0.141.